The van der Waals surface area contributed by atoms with Crippen LogP contribution in [0.25, 0.3) is 27.8 Å². The van der Waals surface area contributed by atoms with Crippen molar-refractivity contribution in [2.45, 2.75) is 0 Å². The maximum atomic E-state index is 11.7. The van der Waals surface area contributed by atoms with Crippen molar-refractivity contribution in [2.75, 3.05) is 32.7 Å². The summed E-state index contributed by atoms with van der Waals surface area (Å²) in [6, 6.07) is 26.7. The lowest BCUT2D eigenvalue weighted by Crippen LogP contribution is -2.18. The summed E-state index contributed by atoms with van der Waals surface area (Å²) in [5, 5.41) is 15.3. The average molecular weight is 536 g/mol. The van der Waals surface area contributed by atoms with Crippen LogP contribution in [0.15, 0.2) is 96.7 Å². The first-order valence-corrected chi connectivity index (χ1v) is 12.7. The van der Waals surface area contributed by atoms with Crippen LogP contribution in [-0.4, -0.2) is 43.5 Å². The van der Waals surface area contributed by atoms with Gasteiger partial charge in [0, 0.05) is 22.9 Å². The predicted octanol–water partition coefficient (Wildman–Crippen LogP) is 6.10. The minimum Gasteiger partial charge on any atom is -0.493 e. The molecule has 0 radical (unpaired) electrons. The van der Waals surface area contributed by atoms with Crippen LogP contribution in [0.2, 0.25) is 0 Å². The molecular weight excluding hydrogens is 506 g/mol. The van der Waals surface area contributed by atoms with E-state index >= 15 is 0 Å². The zero-order chi connectivity index (χ0) is 27.9. The molecule has 0 saturated heterocycles. The number of amides is 1. The first-order valence-electron chi connectivity index (χ1n) is 12.7. The molecule has 8 nitrogen and oxygen atoms in total. The van der Waals surface area contributed by atoms with Gasteiger partial charge < -0.3 is 19.5 Å². The van der Waals surface area contributed by atoms with Crippen LogP contribution in [0, 0.1) is 0 Å². The molecule has 1 amide bonds. The van der Waals surface area contributed by atoms with Crippen LogP contribution < -0.4 is 25.0 Å². The molecule has 1 aromatic heterocycles. The first kappa shape index (κ1) is 26.5. The highest BCUT2D eigenvalue weighted by Crippen LogP contribution is 2.35. The van der Waals surface area contributed by atoms with E-state index in [0.717, 1.165) is 44.2 Å². The number of anilines is 1. The van der Waals surface area contributed by atoms with Gasteiger partial charge in [-0.15, -0.1) is 0 Å². The lowest BCUT2D eigenvalue weighted by Gasteiger charge is -2.15. The van der Waals surface area contributed by atoms with Crippen molar-refractivity contribution in [1.29, 1.82) is 0 Å². The third-order valence-corrected chi connectivity index (χ3v) is 6.53. The van der Waals surface area contributed by atoms with E-state index in [1.54, 1.807) is 38.0 Å². The first-order chi connectivity index (χ1) is 19.6. The number of benzene rings is 4. The molecule has 40 heavy (non-hydrogen) atoms. The summed E-state index contributed by atoms with van der Waals surface area (Å²) in [7, 11) is 3.22. The van der Waals surface area contributed by atoms with Crippen LogP contribution >= 0.6 is 0 Å². The van der Waals surface area contributed by atoms with Crippen molar-refractivity contribution in [1.82, 2.24) is 10.5 Å². The number of hydroxylamine groups is 1. The summed E-state index contributed by atoms with van der Waals surface area (Å²) >= 11 is 0. The van der Waals surface area contributed by atoms with Gasteiger partial charge in [0.25, 0.3) is 5.91 Å². The second-order valence-electron chi connectivity index (χ2n) is 9.08. The Labute approximate surface area is 231 Å². The SMILES string of the molecule is COc1ccc2ncc(NC/C(=C/c3ccc(C(=O)NO)cc3)COc3cccc4ccccc34)cc2c1OC. The molecular formula is C32H29N3O5. The van der Waals surface area contributed by atoms with Crippen LogP contribution in [-0.2, 0) is 0 Å². The van der Waals surface area contributed by atoms with Crippen molar-refractivity contribution in [3.8, 4) is 17.2 Å². The van der Waals surface area contributed by atoms with Crippen molar-refractivity contribution in [3.63, 3.8) is 0 Å². The van der Waals surface area contributed by atoms with E-state index in [4.69, 9.17) is 19.4 Å². The third kappa shape index (κ3) is 5.82. The number of methoxy groups -OCH3 is 2. The summed E-state index contributed by atoms with van der Waals surface area (Å²) in [6.07, 6.45) is 3.79. The van der Waals surface area contributed by atoms with Gasteiger partial charge in [0.05, 0.1) is 31.6 Å². The van der Waals surface area contributed by atoms with E-state index in [1.807, 2.05) is 66.7 Å². The van der Waals surface area contributed by atoms with E-state index in [-0.39, 0.29) is 0 Å². The number of ether oxygens (including phenoxy) is 3. The Kier molecular flexibility index (Phi) is 8.08. The van der Waals surface area contributed by atoms with Crippen molar-refractivity contribution >= 4 is 39.3 Å². The fourth-order valence-corrected chi connectivity index (χ4v) is 4.50. The summed E-state index contributed by atoms with van der Waals surface area (Å²) in [5.74, 6) is 1.49. The monoisotopic (exact) mass is 535 g/mol. The molecule has 0 spiro atoms. The number of aromatic nitrogens is 1. The molecule has 0 bridgehead atoms. The molecule has 0 aliphatic carbocycles. The number of nitrogens with one attached hydrogen (secondary N) is 2. The molecule has 0 fully saturated rings. The van der Waals surface area contributed by atoms with Crippen LogP contribution in [0.3, 0.4) is 0 Å². The minimum absolute atomic E-state index is 0.331. The largest absolute Gasteiger partial charge is 0.493 e. The summed E-state index contributed by atoms with van der Waals surface area (Å²) in [4.78, 5) is 16.3. The summed E-state index contributed by atoms with van der Waals surface area (Å²) in [6.45, 7) is 0.807. The molecule has 0 saturated carbocycles. The Balaban J connectivity index is 1.42. The Morgan fingerprint density at radius 3 is 2.48 bits per heavy atom. The molecule has 202 valence electrons. The number of hydrogen-bond acceptors (Lipinski definition) is 7. The van der Waals surface area contributed by atoms with Crippen molar-refractivity contribution in [3.05, 3.63) is 108 Å². The Morgan fingerprint density at radius 1 is 0.900 bits per heavy atom. The van der Waals surface area contributed by atoms with E-state index in [1.165, 1.54) is 0 Å². The molecule has 0 aliphatic rings. The smallest absolute Gasteiger partial charge is 0.274 e. The number of rotatable bonds is 10. The molecule has 8 heteroatoms. The minimum atomic E-state index is -0.562. The van der Waals surface area contributed by atoms with Gasteiger partial charge in [-0.3, -0.25) is 15.0 Å². The average Bonchev–Trinajstić information content (AvgIpc) is 3.01. The highest BCUT2D eigenvalue weighted by atomic mass is 16.5. The summed E-state index contributed by atoms with van der Waals surface area (Å²) < 4.78 is 17.3. The summed E-state index contributed by atoms with van der Waals surface area (Å²) in [5.41, 5.74) is 5.47. The van der Waals surface area contributed by atoms with E-state index in [0.29, 0.717) is 30.2 Å². The second kappa shape index (κ2) is 12.2. The Bertz CT molecular complexity index is 1680. The maximum absolute atomic E-state index is 11.7. The predicted molar refractivity (Wildman–Crippen MR) is 156 cm³/mol. The number of pyridine rings is 1. The third-order valence-electron chi connectivity index (χ3n) is 6.53. The Morgan fingerprint density at radius 2 is 1.70 bits per heavy atom. The van der Waals surface area contributed by atoms with E-state index in [9.17, 15) is 4.79 Å². The number of fused-ring (bicyclic) bond motifs is 2. The van der Waals surface area contributed by atoms with Crippen molar-refractivity contribution in [2.24, 2.45) is 0 Å². The highest BCUT2D eigenvalue weighted by molar-refractivity contribution is 5.93. The maximum Gasteiger partial charge on any atom is 0.274 e. The van der Waals surface area contributed by atoms with Gasteiger partial charge in [0.2, 0.25) is 0 Å². The van der Waals surface area contributed by atoms with Gasteiger partial charge in [0.1, 0.15) is 12.4 Å². The molecule has 0 aliphatic heterocycles. The lowest BCUT2D eigenvalue weighted by atomic mass is 10.1. The lowest BCUT2D eigenvalue weighted by molar-refractivity contribution is 0.0706. The quantitative estimate of drug-likeness (QED) is 0.147. The van der Waals surface area contributed by atoms with Gasteiger partial charge in [0.15, 0.2) is 11.5 Å². The van der Waals surface area contributed by atoms with E-state index < -0.39 is 5.91 Å². The van der Waals surface area contributed by atoms with Gasteiger partial charge >= 0.3 is 0 Å². The molecule has 0 unspecified atom stereocenters. The number of hydrogen-bond donors (Lipinski definition) is 3. The van der Waals surface area contributed by atoms with Crippen LogP contribution in [0.4, 0.5) is 5.69 Å². The number of carbonyl (C=O) groups is 1. The molecule has 1 heterocycles. The van der Waals surface area contributed by atoms with Crippen LogP contribution in [0.5, 0.6) is 17.2 Å². The highest BCUT2D eigenvalue weighted by Gasteiger charge is 2.11. The van der Waals surface area contributed by atoms with Gasteiger partial charge in [-0.2, -0.15) is 0 Å². The van der Waals surface area contributed by atoms with Crippen molar-refractivity contribution < 1.29 is 24.2 Å². The topological polar surface area (TPSA) is 102 Å². The van der Waals surface area contributed by atoms with E-state index in [2.05, 4.69) is 22.4 Å². The standard InChI is InChI=1S/C32H29N3O5/c1-38-30-15-14-28-27(31(30)39-2)17-25(19-34-28)33-18-22(16-21-10-12-24(13-11-21)32(36)35-37)20-40-29-9-5-7-23-6-3-4-8-26(23)29/h3-17,19,33,37H,18,20H2,1-2H3,(H,35,36)/b22-16-. The molecule has 5 rings (SSSR count). The van der Waals surface area contributed by atoms with Gasteiger partial charge in [-0.05, 0) is 52.9 Å². The molecule has 4 aromatic carbocycles. The number of carbonyl (C=O) groups excluding carboxylic acids is 1. The van der Waals surface area contributed by atoms with Gasteiger partial charge in [-0.1, -0.05) is 54.6 Å². The molecule has 0 atom stereocenters. The zero-order valence-electron chi connectivity index (χ0n) is 22.2. The van der Waals surface area contributed by atoms with Gasteiger partial charge in [-0.25, -0.2) is 5.48 Å². The zero-order valence-corrected chi connectivity index (χ0v) is 22.2. The normalized spacial score (nSPS) is 11.3. The molecule has 5 aromatic rings. The molecule has 3 N–H and O–H groups in total. The Hall–Kier alpha value is -5.08. The second-order valence-corrected chi connectivity index (χ2v) is 9.08. The van der Waals surface area contributed by atoms with Crippen LogP contribution in [0.1, 0.15) is 15.9 Å². The fourth-order valence-electron chi connectivity index (χ4n) is 4.50. The number of nitrogens with zero attached hydrogens (tertiary/aromatic N) is 1. The fraction of sp³-hybridized carbons (Fsp3) is 0.125.